The molecular formula is C23H31N3O4S. The van der Waals surface area contributed by atoms with Crippen molar-refractivity contribution in [1.29, 1.82) is 0 Å². The van der Waals surface area contributed by atoms with E-state index in [-0.39, 0.29) is 23.3 Å². The Bertz CT molecular complexity index is 984. The molecule has 0 saturated carbocycles. The quantitative estimate of drug-likeness (QED) is 0.596. The van der Waals surface area contributed by atoms with Gasteiger partial charge in [0.15, 0.2) is 5.78 Å². The molecule has 1 saturated heterocycles. The Morgan fingerprint density at radius 2 is 1.81 bits per heavy atom. The molecule has 0 amide bonds. The van der Waals surface area contributed by atoms with Gasteiger partial charge in [-0.1, -0.05) is 42.0 Å². The lowest BCUT2D eigenvalue weighted by Gasteiger charge is -2.35. The number of benzene rings is 2. The van der Waals surface area contributed by atoms with Crippen LogP contribution in [0.1, 0.15) is 27.5 Å². The molecule has 31 heavy (non-hydrogen) atoms. The van der Waals surface area contributed by atoms with Gasteiger partial charge in [-0.25, -0.2) is 12.7 Å². The minimum Gasteiger partial charge on any atom is -0.379 e. The highest BCUT2D eigenvalue weighted by atomic mass is 32.2. The summed E-state index contributed by atoms with van der Waals surface area (Å²) in [4.78, 5) is 15.2. The second kappa shape index (κ2) is 10.5. The van der Waals surface area contributed by atoms with Crippen molar-refractivity contribution in [2.45, 2.75) is 17.9 Å². The van der Waals surface area contributed by atoms with Gasteiger partial charge in [0, 0.05) is 45.3 Å². The highest BCUT2D eigenvalue weighted by Gasteiger charge is 2.23. The fraction of sp³-hybridized carbons (Fsp3) is 0.435. The number of nitrogens with one attached hydrogen (secondary N) is 1. The first-order chi connectivity index (χ1) is 14.8. The van der Waals surface area contributed by atoms with Gasteiger partial charge in [-0.15, -0.1) is 0 Å². The predicted octanol–water partition coefficient (Wildman–Crippen LogP) is 2.09. The van der Waals surface area contributed by atoms with Crippen LogP contribution < -0.4 is 5.32 Å². The monoisotopic (exact) mass is 445 g/mol. The van der Waals surface area contributed by atoms with E-state index in [2.05, 4.69) is 41.4 Å². The van der Waals surface area contributed by atoms with Gasteiger partial charge in [-0.05, 0) is 24.6 Å². The molecule has 0 aromatic heterocycles. The van der Waals surface area contributed by atoms with Gasteiger partial charge in [0.2, 0.25) is 10.0 Å². The molecular weight excluding hydrogens is 414 g/mol. The Balaban J connectivity index is 1.67. The Hall–Kier alpha value is -2.10. The normalized spacial score (nSPS) is 16.4. The van der Waals surface area contributed by atoms with E-state index in [9.17, 15) is 13.2 Å². The van der Waals surface area contributed by atoms with E-state index < -0.39 is 10.0 Å². The summed E-state index contributed by atoms with van der Waals surface area (Å²) in [6, 6.07) is 14.8. The van der Waals surface area contributed by atoms with Crippen molar-refractivity contribution in [2.75, 3.05) is 53.5 Å². The van der Waals surface area contributed by atoms with E-state index in [4.69, 9.17) is 4.74 Å². The number of Topliss-reactive ketones (excluding diaryl/α,β-unsaturated/α-hetero) is 1. The van der Waals surface area contributed by atoms with E-state index in [0.717, 1.165) is 17.4 Å². The van der Waals surface area contributed by atoms with E-state index >= 15 is 0 Å². The molecule has 7 nitrogen and oxygen atoms in total. The molecule has 1 aliphatic heterocycles. The van der Waals surface area contributed by atoms with Crippen LogP contribution in [-0.2, 0) is 14.8 Å². The van der Waals surface area contributed by atoms with Crippen molar-refractivity contribution in [1.82, 2.24) is 14.5 Å². The molecule has 1 fully saturated rings. The minimum atomic E-state index is -3.58. The summed E-state index contributed by atoms with van der Waals surface area (Å²) in [6.07, 6.45) is 0. The Kier molecular flexibility index (Phi) is 7.96. The van der Waals surface area contributed by atoms with Crippen molar-refractivity contribution >= 4 is 15.8 Å². The number of rotatable bonds is 9. The lowest BCUT2D eigenvalue weighted by atomic mass is 10.0. The summed E-state index contributed by atoms with van der Waals surface area (Å²) in [5.41, 5.74) is 2.79. The van der Waals surface area contributed by atoms with Gasteiger partial charge in [0.05, 0.1) is 24.7 Å². The van der Waals surface area contributed by atoms with Crippen molar-refractivity contribution in [3.63, 3.8) is 0 Å². The molecule has 2 aromatic carbocycles. The first-order valence-corrected chi connectivity index (χ1v) is 11.9. The topological polar surface area (TPSA) is 79.0 Å². The number of carbonyl (C=O) groups is 1. The Labute approximate surface area is 185 Å². The van der Waals surface area contributed by atoms with E-state index in [0.29, 0.717) is 25.3 Å². The van der Waals surface area contributed by atoms with Crippen LogP contribution in [0.5, 0.6) is 0 Å². The number of nitrogens with zero attached hydrogens (tertiary/aromatic N) is 2. The van der Waals surface area contributed by atoms with Gasteiger partial charge in [0.25, 0.3) is 0 Å². The second-order valence-electron chi connectivity index (χ2n) is 7.94. The number of aryl methyl sites for hydroxylation is 1. The smallest absolute Gasteiger partial charge is 0.242 e. The van der Waals surface area contributed by atoms with Crippen LogP contribution in [-0.4, -0.2) is 76.9 Å². The summed E-state index contributed by atoms with van der Waals surface area (Å²) in [5.74, 6) is -0.138. The molecule has 1 atom stereocenters. The fourth-order valence-corrected chi connectivity index (χ4v) is 4.55. The van der Waals surface area contributed by atoms with E-state index in [1.165, 1.54) is 37.4 Å². The van der Waals surface area contributed by atoms with Gasteiger partial charge in [-0.2, -0.15) is 0 Å². The van der Waals surface area contributed by atoms with Crippen LogP contribution in [0, 0.1) is 6.92 Å². The van der Waals surface area contributed by atoms with Gasteiger partial charge in [0.1, 0.15) is 0 Å². The number of ether oxygens (including phenoxy) is 1. The third kappa shape index (κ3) is 5.99. The third-order valence-corrected chi connectivity index (χ3v) is 7.32. The zero-order chi connectivity index (χ0) is 22.4. The van der Waals surface area contributed by atoms with Crippen LogP contribution in [0.15, 0.2) is 53.4 Å². The number of ketones is 1. The molecule has 0 bridgehead atoms. The molecule has 1 heterocycles. The Morgan fingerprint density at radius 1 is 1.13 bits per heavy atom. The van der Waals surface area contributed by atoms with Crippen LogP contribution in [0.4, 0.5) is 0 Å². The molecule has 1 aliphatic rings. The maximum atomic E-state index is 12.7. The average molecular weight is 446 g/mol. The predicted molar refractivity (Wildman–Crippen MR) is 121 cm³/mol. The molecule has 2 aromatic rings. The van der Waals surface area contributed by atoms with Crippen molar-refractivity contribution < 1.29 is 17.9 Å². The summed E-state index contributed by atoms with van der Waals surface area (Å²) in [7, 11) is -0.630. The highest BCUT2D eigenvalue weighted by Crippen LogP contribution is 2.22. The maximum Gasteiger partial charge on any atom is 0.242 e. The number of sulfonamides is 1. The molecule has 1 N–H and O–H groups in total. The van der Waals surface area contributed by atoms with E-state index in [1.54, 1.807) is 12.1 Å². The molecule has 0 radical (unpaired) electrons. The van der Waals surface area contributed by atoms with Gasteiger partial charge >= 0.3 is 0 Å². The molecule has 168 valence electrons. The highest BCUT2D eigenvalue weighted by molar-refractivity contribution is 7.89. The molecule has 1 unspecified atom stereocenters. The zero-order valence-electron chi connectivity index (χ0n) is 18.4. The lowest BCUT2D eigenvalue weighted by molar-refractivity contribution is 0.0162. The molecule has 0 spiro atoms. The Morgan fingerprint density at radius 3 is 2.45 bits per heavy atom. The summed E-state index contributed by atoms with van der Waals surface area (Å²) < 4.78 is 31.3. The molecule has 8 heteroatoms. The number of carbonyl (C=O) groups excluding carboxylic acids is 1. The van der Waals surface area contributed by atoms with Gasteiger partial charge < -0.3 is 10.1 Å². The number of hydrogen-bond donors (Lipinski definition) is 1. The molecule has 0 aliphatic carbocycles. The van der Waals surface area contributed by atoms with Crippen LogP contribution in [0.3, 0.4) is 0 Å². The van der Waals surface area contributed by atoms with Crippen LogP contribution in [0.25, 0.3) is 0 Å². The maximum absolute atomic E-state index is 12.7. The first kappa shape index (κ1) is 23.6. The van der Waals surface area contributed by atoms with E-state index in [1.807, 2.05) is 0 Å². The van der Waals surface area contributed by atoms with Crippen molar-refractivity contribution in [3.05, 3.63) is 65.2 Å². The average Bonchev–Trinajstić information content (AvgIpc) is 2.78. The largest absolute Gasteiger partial charge is 0.379 e. The lowest BCUT2D eigenvalue weighted by Crippen LogP contribution is -2.43. The first-order valence-electron chi connectivity index (χ1n) is 10.4. The summed E-state index contributed by atoms with van der Waals surface area (Å²) in [6.45, 7) is 5.91. The summed E-state index contributed by atoms with van der Waals surface area (Å²) >= 11 is 0. The zero-order valence-corrected chi connectivity index (χ0v) is 19.2. The van der Waals surface area contributed by atoms with Gasteiger partial charge in [-0.3, -0.25) is 9.69 Å². The minimum absolute atomic E-state index is 0.120. The van der Waals surface area contributed by atoms with Crippen LogP contribution >= 0.6 is 0 Å². The standard InChI is InChI=1S/C23H31N3O4S/c1-18-7-9-19(10-8-18)22(26-11-13-30-14-12-26)16-24-17-23(27)20-5-4-6-21(15-20)31(28,29)25(2)3/h4-10,15,22,24H,11-14,16-17H2,1-3H3. The van der Waals surface area contributed by atoms with Crippen molar-refractivity contribution in [2.24, 2.45) is 0 Å². The number of hydrogen-bond acceptors (Lipinski definition) is 6. The third-order valence-electron chi connectivity index (χ3n) is 5.51. The summed E-state index contributed by atoms with van der Waals surface area (Å²) in [5, 5.41) is 3.28. The van der Waals surface area contributed by atoms with Crippen LogP contribution in [0.2, 0.25) is 0 Å². The van der Waals surface area contributed by atoms with Crippen molar-refractivity contribution in [3.8, 4) is 0 Å². The second-order valence-corrected chi connectivity index (χ2v) is 10.1. The molecule has 3 rings (SSSR count). The fourth-order valence-electron chi connectivity index (χ4n) is 3.60. The SMILES string of the molecule is Cc1ccc(C(CNCC(=O)c2cccc(S(=O)(=O)N(C)C)c2)N2CCOCC2)cc1. The number of morpholine rings is 1.